The van der Waals surface area contributed by atoms with E-state index in [9.17, 15) is 4.79 Å². The number of carbonyl (C=O) groups excluding carboxylic acids is 1. The standard InChI is InChI=1S/C17H21N3O/c1-12-16(10-11-17(21)18-14-8-9-14)13(2)20(19-12)15-6-4-3-5-7-15/h3-7,14H,8-11H2,1-2H3,(H,18,21). The molecule has 0 atom stereocenters. The molecule has 3 rings (SSSR count). The molecule has 1 fully saturated rings. The van der Waals surface area contributed by atoms with Gasteiger partial charge in [0, 0.05) is 18.2 Å². The van der Waals surface area contributed by atoms with E-state index >= 15 is 0 Å². The topological polar surface area (TPSA) is 46.9 Å². The van der Waals surface area contributed by atoms with Gasteiger partial charge in [-0.05, 0) is 50.8 Å². The summed E-state index contributed by atoms with van der Waals surface area (Å²) >= 11 is 0. The Morgan fingerprint density at radius 3 is 2.67 bits per heavy atom. The first-order valence-corrected chi connectivity index (χ1v) is 7.55. The number of hydrogen-bond donors (Lipinski definition) is 1. The van der Waals surface area contributed by atoms with E-state index < -0.39 is 0 Å². The van der Waals surface area contributed by atoms with Crippen LogP contribution in [0.25, 0.3) is 5.69 Å². The monoisotopic (exact) mass is 283 g/mol. The minimum absolute atomic E-state index is 0.156. The van der Waals surface area contributed by atoms with E-state index in [2.05, 4.69) is 17.3 Å². The van der Waals surface area contributed by atoms with Crippen LogP contribution in [-0.2, 0) is 11.2 Å². The van der Waals surface area contributed by atoms with Crippen LogP contribution in [0.5, 0.6) is 0 Å². The fraction of sp³-hybridized carbons (Fsp3) is 0.412. The molecule has 1 amide bonds. The molecule has 110 valence electrons. The predicted octanol–water partition coefficient (Wildman–Crippen LogP) is 2.70. The molecule has 2 aromatic rings. The van der Waals surface area contributed by atoms with Gasteiger partial charge in [-0.1, -0.05) is 18.2 Å². The lowest BCUT2D eigenvalue weighted by atomic mass is 10.1. The maximum atomic E-state index is 11.8. The zero-order chi connectivity index (χ0) is 14.8. The van der Waals surface area contributed by atoms with Gasteiger partial charge in [0.1, 0.15) is 0 Å². The molecular formula is C17H21N3O. The highest BCUT2D eigenvalue weighted by atomic mass is 16.1. The van der Waals surface area contributed by atoms with Crippen LogP contribution >= 0.6 is 0 Å². The van der Waals surface area contributed by atoms with Gasteiger partial charge in [-0.25, -0.2) is 4.68 Å². The molecule has 1 N–H and O–H groups in total. The molecule has 0 aliphatic heterocycles. The highest BCUT2D eigenvalue weighted by Crippen LogP contribution is 2.21. The Bertz CT molecular complexity index is 642. The van der Waals surface area contributed by atoms with Crippen LogP contribution in [-0.4, -0.2) is 21.7 Å². The van der Waals surface area contributed by atoms with Gasteiger partial charge >= 0.3 is 0 Å². The Morgan fingerprint density at radius 1 is 1.29 bits per heavy atom. The maximum Gasteiger partial charge on any atom is 0.220 e. The minimum Gasteiger partial charge on any atom is -0.353 e. The summed E-state index contributed by atoms with van der Waals surface area (Å²) in [6.45, 7) is 4.09. The highest BCUT2D eigenvalue weighted by Gasteiger charge is 2.23. The third-order valence-electron chi connectivity index (χ3n) is 3.99. The summed E-state index contributed by atoms with van der Waals surface area (Å²) in [5, 5.41) is 7.65. The molecule has 1 aliphatic rings. The van der Waals surface area contributed by atoms with E-state index in [0.717, 1.165) is 36.3 Å². The average molecular weight is 283 g/mol. The van der Waals surface area contributed by atoms with Crippen molar-refractivity contribution in [2.75, 3.05) is 0 Å². The normalized spacial score (nSPS) is 14.2. The van der Waals surface area contributed by atoms with Gasteiger partial charge in [-0.3, -0.25) is 4.79 Å². The summed E-state index contributed by atoms with van der Waals surface area (Å²) < 4.78 is 1.96. The van der Waals surface area contributed by atoms with Gasteiger partial charge < -0.3 is 5.32 Å². The molecule has 1 aromatic heterocycles. The lowest BCUT2D eigenvalue weighted by molar-refractivity contribution is -0.121. The van der Waals surface area contributed by atoms with E-state index in [1.54, 1.807) is 0 Å². The summed E-state index contributed by atoms with van der Waals surface area (Å²) in [7, 11) is 0. The zero-order valence-corrected chi connectivity index (χ0v) is 12.6. The number of nitrogens with one attached hydrogen (secondary N) is 1. The van der Waals surface area contributed by atoms with Crippen LogP contribution in [0, 0.1) is 13.8 Å². The summed E-state index contributed by atoms with van der Waals surface area (Å²) in [5.41, 5.74) is 4.38. The number of nitrogens with zero attached hydrogens (tertiary/aromatic N) is 2. The molecule has 1 saturated carbocycles. The van der Waals surface area contributed by atoms with Crippen LogP contribution in [0.1, 0.15) is 36.2 Å². The van der Waals surface area contributed by atoms with E-state index in [4.69, 9.17) is 0 Å². The number of aryl methyl sites for hydroxylation is 1. The molecule has 0 radical (unpaired) electrons. The molecule has 0 spiro atoms. The number of para-hydroxylation sites is 1. The fourth-order valence-corrected chi connectivity index (χ4v) is 2.62. The number of aromatic nitrogens is 2. The van der Waals surface area contributed by atoms with Gasteiger partial charge in [0.05, 0.1) is 11.4 Å². The van der Waals surface area contributed by atoms with Crippen molar-refractivity contribution in [1.29, 1.82) is 0 Å². The van der Waals surface area contributed by atoms with E-state index in [1.807, 2.05) is 41.9 Å². The molecule has 0 saturated heterocycles. The van der Waals surface area contributed by atoms with Gasteiger partial charge in [0.15, 0.2) is 0 Å². The Balaban J connectivity index is 1.73. The third-order valence-corrected chi connectivity index (χ3v) is 3.99. The van der Waals surface area contributed by atoms with Crippen molar-refractivity contribution in [2.45, 2.75) is 45.6 Å². The van der Waals surface area contributed by atoms with Crippen molar-refractivity contribution >= 4 is 5.91 Å². The molecule has 4 heteroatoms. The zero-order valence-electron chi connectivity index (χ0n) is 12.6. The fourth-order valence-electron chi connectivity index (χ4n) is 2.62. The smallest absolute Gasteiger partial charge is 0.220 e. The Labute approximate surface area is 125 Å². The highest BCUT2D eigenvalue weighted by molar-refractivity contribution is 5.76. The van der Waals surface area contributed by atoms with Gasteiger partial charge in [0.25, 0.3) is 0 Å². The third kappa shape index (κ3) is 3.15. The first-order chi connectivity index (χ1) is 10.1. The van der Waals surface area contributed by atoms with Crippen LogP contribution in [0.15, 0.2) is 30.3 Å². The Kier molecular flexibility index (Phi) is 3.78. The summed E-state index contributed by atoms with van der Waals surface area (Å²) in [6.07, 6.45) is 3.56. The molecule has 4 nitrogen and oxygen atoms in total. The number of rotatable bonds is 5. The largest absolute Gasteiger partial charge is 0.353 e. The van der Waals surface area contributed by atoms with Crippen molar-refractivity contribution in [3.05, 3.63) is 47.3 Å². The van der Waals surface area contributed by atoms with Gasteiger partial charge in [-0.2, -0.15) is 5.10 Å². The first kappa shape index (κ1) is 13.9. The minimum atomic E-state index is 0.156. The average Bonchev–Trinajstić information content (AvgIpc) is 3.24. The summed E-state index contributed by atoms with van der Waals surface area (Å²) in [4.78, 5) is 11.8. The van der Waals surface area contributed by atoms with Crippen molar-refractivity contribution in [3.63, 3.8) is 0 Å². The van der Waals surface area contributed by atoms with Crippen molar-refractivity contribution in [3.8, 4) is 5.69 Å². The number of benzene rings is 1. The molecule has 0 unspecified atom stereocenters. The second-order valence-electron chi connectivity index (χ2n) is 5.74. The van der Waals surface area contributed by atoms with Crippen molar-refractivity contribution in [1.82, 2.24) is 15.1 Å². The van der Waals surface area contributed by atoms with Crippen molar-refractivity contribution < 1.29 is 4.79 Å². The molecule has 1 aromatic carbocycles. The Hall–Kier alpha value is -2.10. The lowest BCUT2D eigenvalue weighted by Gasteiger charge is -2.06. The lowest BCUT2D eigenvalue weighted by Crippen LogP contribution is -2.25. The Morgan fingerprint density at radius 2 is 2.00 bits per heavy atom. The predicted molar refractivity (Wildman–Crippen MR) is 82.5 cm³/mol. The van der Waals surface area contributed by atoms with Crippen LogP contribution in [0.3, 0.4) is 0 Å². The van der Waals surface area contributed by atoms with Crippen LogP contribution in [0.2, 0.25) is 0 Å². The van der Waals surface area contributed by atoms with Gasteiger partial charge in [-0.15, -0.1) is 0 Å². The second kappa shape index (κ2) is 5.72. The molecular weight excluding hydrogens is 262 g/mol. The quantitative estimate of drug-likeness (QED) is 0.917. The first-order valence-electron chi connectivity index (χ1n) is 7.55. The molecule has 1 heterocycles. The molecule has 21 heavy (non-hydrogen) atoms. The molecule has 0 bridgehead atoms. The second-order valence-corrected chi connectivity index (χ2v) is 5.74. The SMILES string of the molecule is Cc1nn(-c2ccccc2)c(C)c1CCC(=O)NC1CC1. The summed E-state index contributed by atoms with van der Waals surface area (Å²) in [6, 6.07) is 10.5. The maximum absolute atomic E-state index is 11.8. The van der Waals surface area contributed by atoms with Crippen LogP contribution in [0.4, 0.5) is 0 Å². The summed E-state index contributed by atoms with van der Waals surface area (Å²) in [5.74, 6) is 0.156. The number of amides is 1. The van der Waals surface area contributed by atoms with Gasteiger partial charge in [0.2, 0.25) is 5.91 Å². The molecule has 1 aliphatic carbocycles. The number of carbonyl (C=O) groups is 1. The van der Waals surface area contributed by atoms with Crippen molar-refractivity contribution in [2.24, 2.45) is 0 Å². The number of hydrogen-bond acceptors (Lipinski definition) is 2. The van der Waals surface area contributed by atoms with E-state index in [1.165, 1.54) is 5.56 Å². The van der Waals surface area contributed by atoms with E-state index in [0.29, 0.717) is 12.5 Å². The van der Waals surface area contributed by atoms with Crippen LogP contribution < -0.4 is 5.32 Å². The van der Waals surface area contributed by atoms with E-state index in [-0.39, 0.29) is 5.91 Å².